The highest BCUT2D eigenvalue weighted by molar-refractivity contribution is 7.89. The van der Waals surface area contributed by atoms with E-state index in [9.17, 15) is 18.0 Å². The van der Waals surface area contributed by atoms with E-state index in [1.807, 2.05) is 0 Å². The van der Waals surface area contributed by atoms with Crippen molar-refractivity contribution >= 4 is 21.9 Å². The molecule has 0 aromatic carbocycles. The Kier molecular flexibility index (Phi) is 6.15. The van der Waals surface area contributed by atoms with Crippen molar-refractivity contribution in [2.75, 3.05) is 12.3 Å². The van der Waals surface area contributed by atoms with E-state index in [0.29, 0.717) is 6.42 Å². The maximum absolute atomic E-state index is 11.9. The summed E-state index contributed by atoms with van der Waals surface area (Å²) in [6.45, 7) is 3.50. The van der Waals surface area contributed by atoms with Crippen LogP contribution in [0.15, 0.2) is 0 Å². The number of amides is 1. The van der Waals surface area contributed by atoms with Crippen molar-refractivity contribution in [3.8, 4) is 0 Å². The van der Waals surface area contributed by atoms with Gasteiger partial charge in [0.1, 0.15) is 0 Å². The summed E-state index contributed by atoms with van der Waals surface area (Å²) >= 11 is 0. The molecule has 21 heavy (non-hydrogen) atoms. The van der Waals surface area contributed by atoms with E-state index in [1.165, 1.54) is 6.92 Å². The van der Waals surface area contributed by atoms with Crippen LogP contribution in [-0.4, -0.2) is 43.7 Å². The van der Waals surface area contributed by atoms with Gasteiger partial charge in [-0.05, 0) is 31.6 Å². The molecule has 0 heterocycles. The largest absolute Gasteiger partial charge is 0.481 e. The standard InChI is InChI=1S/C13H24N2O5S/c1-3-7-21(19,20)15-10(2)12(18)14-9-13(5-4-6-13)8-11(16)17/h10,15H,3-9H2,1-2H3,(H,14,18)(H,16,17). The molecule has 1 aliphatic carbocycles. The van der Waals surface area contributed by atoms with Crippen molar-refractivity contribution in [1.82, 2.24) is 10.0 Å². The molecule has 3 N–H and O–H groups in total. The van der Waals surface area contributed by atoms with Crippen molar-refractivity contribution in [3.05, 3.63) is 0 Å². The molecule has 0 saturated heterocycles. The maximum Gasteiger partial charge on any atom is 0.303 e. The second-order valence-corrected chi connectivity index (χ2v) is 7.67. The van der Waals surface area contributed by atoms with E-state index in [2.05, 4.69) is 10.0 Å². The Hall–Kier alpha value is -1.15. The highest BCUT2D eigenvalue weighted by atomic mass is 32.2. The summed E-state index contributed by atoms with van der Waals surface area (Å²) in [5.74, 6) is -1.32. The van der Waals surface area contributed by atoms with Gasteiger partial charge in [-0.15, -0.1) is 0 Å². The Balaban J connectivity index is 2.47. The molecule has 1 atom stereocenters. The molecular weight excluding hydrogens is 296 g/mol. The lowest BCUT2D eigenvalue weighted by molar-refractivity contribution is -0.141. The van der Waals surface area contributed by atoms with E-state index in [4.69, 9.17) is 5.11 Å². The van der Waals surface area contributed by atoms with Crippen LogP contribution in [-0.2, 0) is 19.6 Å². The monoisotopic (exact) mass is 320 g/mol. The lowest BCUT2D eigenvalue weighted by Crippen LogP contribution is -2.50. The van der Waals surface area contributed by atoms with Crippen LogP contribution in [0.5, 0.6) is 0 Å². The Morgan fingerprint density at radius 3 is 2.38 bits per heavy atom. The van der Waals surface area contributed by atoms with Crippen molar-refractivity contribution < 1.29 is 23.1 Å². The molecule has 122 valence electrons. The van der Waals surface area contributed by atoms with Crippen LogP contribution in [0.1, 0.15) is 46.0 Å². The van der Waals surface area contributed by atoms with Gasteiger partial charge < -0.3 is 10.4 Å². The maximum atomic E-state index is 11.9. The van der Waals surface area contributed by atoms with E-state index in [-0.39, 0.29) is 24.1 Å². The molecule has 0 aromatic rings. The molecule has 0 spiro atoms. The number of rotatable bonds is 9. The second-order valence-electron chi connectivity index (χ2n) is 5.80. The van der Waals surface area contributed by atoms with E-state index < -0.39 is 27.9 Å². The van der Waals surface area contributed by atoms with Gasteiger partial charge in [-0.2, -0.15) is 0 Å². The fourth-order valence-electron chi connectivity index (χ4n) is 2.49. The number of carboxylic acid groups (broad SMARTS) is 1. The van der Waals surface area contributed by atoms with Gasteiger partial charge in [-0.25, -0.2) is 13.1 Å². The summed E-state index contributed by atoms with van der Waals surface area (Å²) in [5, 5.41) is 11.6. The zero-order valence-electron chi connectivity index (χ0n) is 12.5. The number of carbonyl (C=O) groups is 2. The van der Waals surface area contributed by atoms with Crippen molar-refractivity contribution in [3.63, 3.8) is 0 Å². The summed E-state index contributed by atoms with van der Waals surface area (Å²) in [4.78, 5) is 22.8. The molecule has 0 aromatic heterocycles. The number of carboxylic acids is 1. The average molecular weight is 320 g/mol. The van der Waals surface area contributed by atoms with Gasteiger partial charge in [0.2, 0.25) is 15.9 Å². The van der Waals surface area contributed by atoms with E-state index in [1.54, 1.807) is 6.92 Å². The molecule has 8 heteroatoms. The zero-order chi connectivity index (χ0) is 16.1. The van der Waals surface area contributed by atoms with Crippen LogP contribution >= 0.6 is 0 Å². The summed E-state index contributed by atoms with van der Waals surface area (Å²) < 4.78 is 25.5. The molecule has 1 amide bonds. The highest BCUT2D eigenvalue weighted by Crippen LogP contribution is 2.43. The topological polar surface area (TPSA) is 113 Å². The Labute approximate surface area is 125 Å². The van der Waals surface area contributed by atoms with Crippen LogP contribution in [0, 0.1) is 5.41 Å². The molecule has 1 aliphatic rings. The number of nitrogens with one attached hydrogen (secondary N) is 2. The fraction of sp³-hybridized carbons (Fsp3) is 0.846. The van der Waals surface area contributed by atoms with Crippen molar-refractivity contribution in [2.24, 2.45) is 5.41 Å². The van der Waals surface area contributed by atoms with Crippen LogP contribution in [0.3, 0.4) is 0 Å². The zero-order valence-corrected chi connectivity index (χ0v) is 13.3. The SMILES string of the molecule is CCCS(=O)(=O)NC(C)C(=O)NCC1(CC(=O)O)CCC1. The molecule has 1 unspecified atom stereocenters. The summed E-state index contributed by atoms with van der Waals surface area (Å²) in [7, 11) is -3.45. The molecule has 1 rings (SSSR count). The van der Waals surface area contributed by atoms with Crippen molar-refractivity contribution in [1.29, 1.82) is 0 Å². The summed E-state index contributed by atoms with van der Waals surface area (Å²) in [6.07, 6.45) is 3.02. The fourth-order valence-corrected chi connectivity index (χ4v) is 3.79. The minimum Gasteiger partial charge on any atom is -0.481 e. The van der Waals surface area contributed by atoms with Gasteiger partial charge in [-0.3, -0.25) is 9.59 Å². The van der Waals surface area contributed by atoms with Crippen molar-refractivity contribution in [2.45, 2.75) is 52.0 Å². The molecule has 7 nitrogen and oxygen atoms in total. The molecule has 0 radical (unpaired) electrons. The minimum atomic E-state index is -3.45. The van der Waals surface area contributed by atoms with Gasteiger partial charge in [0.05, 0.1) is 18.2 Å². The van der Waals surface area contributed by atoms with Crippen LogP contribution < -0.4 is 10.0 Å². The number of hydrogen-bond acceptors (Lipinski definition) is 4. The third-order valence-electron chi connectivity index (χ3n) is 3.80. The second kappa shape index (κ2) is 7.22. The first-order valence-electron chi connectivity index (χ1n) is 7.19. The van der Waals surface area contributed by atoms with Gasteiger partial charge in [0, 0.05) is 6.54 Å². The molecular formula is C13H24N2O5S. The first-order chi connectivity index (χ1) is 9.70. The average Bonchev–Trinajstić information content (AvgIpc) is 2.30. The smallest absolute Gasteiger partial charge is 0.303 e. The number of hydrogen-bond donors (Lipinski definition) is 3. The Morgan fingerprint density at radius 1 is 1.33 bits per heavy atom. The van der Waals surface area contributed by atoms with Gasteiger partial charge in [0.15, 0.2) is 0 Å². The van der Waals surface area contributed by atoms with Gasteiger partial charge >= 0.3 is 5.97 Å². The molecule has 0 bridgehead atoms. The van der Waals surface area contributed by atoms with Crippen LogP contribution in [0.2, 0.25) is 0 Å². The lowest BCUT2D eigenvalue weighted by atomic mass is 9.66. The lowest BCUT2D eigenvalue weighted by Gasteiger charge is -2.41. The summed E-state index contributed by atoms with van der Waals surface area (Å²) in [5.41, 5.74) is -0.372. The molecule has 1 saturated carbocycles. The summed E-state index contributed by atoms with van der Waals surface area (Å²) in [6, 6.07) is -0.858. The minimum absolute atomic E-state index is 0.0203. The first kappa shape index (κ1) is 17.9. The molecule has 1 fully saturated rings. The Bertz CT molecular complexity index is 485. The predicted octanol–water partition coefficient (Wildman–Crippen LogP) is 0.466. The number of carbonyl (C=O) groups excluding carboxylic acids is 1. The number of sulfonamides is 1. The Morgan fingerprint density at radius 2 is 1.95 bits per heavy atom. The number of aliphatic carboxylic acids is 1. The first-order valence-corrected chi connectivity index (χ1v) is 8.84. The normalized spacial score (nSPS) is 18.6. The third-order valence-corrected chi connectivity index (χ3v) is 5.46. The predicted molar refractivity (Wildman–Crippen MR) is 78.2 cm³/mol. The third kappa shape index (κ3) is 5.62. The van der Waals surface area contributed by atoms with Gasteiger partial charge in [-0.1, -0.05) is 13.3 Å². The highest BCUT2D eigenvalue weighted by Gasteiger charge is 2.39. The molecule has 0 aliphatic heterocycles. The van der Waals surface area contributed by atoms with E-state index >= 15 is 0 Å². The quantitative estimate of drug-likeness (QED) is 0.571. The van der Waals surface area contributed by atoms with Crippen LogP contribution in [0.25, 0.3) is 0 Å². The van der Waals surface area contributed by atoms with Gasteiger partial charge in [0.25, 0.3) is 0 Å². The van der Waals surface area contributed by atoms with E-state index in [0.717, 1.165) is 19.3 Å². The van der Waals surface area contributed by atoms with Crippen LogP contribution in [0.4, 0.5) is 0 Å².